The first-order chi connectivity index (χ1) is 13.6. The maximum Gasteiger partial charge on any atom is 0.255 e. The van der Waals surface area contributed by atoms with Crippen molar-refractivity contribution in [2.75, 3.05) is 33.7 Å². The van der Waals surface area contributed by atoms with Crippen LogP contribution in [0.1, 0.15) is 64.6 Å². The maximum atomic E-state index is 13.3. The zero-order chi connectivity index (χ0) is 19.5. The van der Waals surface area contributed by atoms with Crippen molar-refractivity contribution in [3.63, 3.8) is 0 Å². The Morgan fingerprint density at radius 3 is 3.00 bits per heavy atom. The van der Waals surface area contributed by atoms with Crippen LogP contribution in [0.25, 0.3) is 0 Å². The number of piperidine rings is 1. The van der Waals surface area contributed by atoms with Crippen LogP contribution in [-0.2, 0) is 19.4 Å². The summed E-state index contributed by atoms with van der Waals surface area (Å²) in [5.41, 5.74) is 2.32. The lowest BCUT2D eigenvalue weighted by Crippen LogP contribution is -2.40. The van der Waals surface area contributed by atoms with Crippen molar-refractivity contribution >= 4 is 17.2 Å². The van der Waals surface area contributed by atoms with E-state index in [2.05, 4.69) is 45.0 Å². The number of likely N-dealkylation sites (tertiary alicyclic amines) is 1. The molecule has 0 radical (unpaired) electrons. The van der Waals surface area contributed by atoms with Gasteiger partial charge in [0.25, 0.3) is 5.91 Å². The molecule has 0 spiro atoms. The molecule has 2 aliphatic rings. The molecule has 1 aliphatic heterocycles. The number of hydrogen-bond donors (Lipinski definition) is 0. The van der Waals surface area contributed by atoms with Crippen LogP contribution < -0.4 is 0 Å². The Labute approximate surface area is 172 Å². The van der Waals surface area contributed by atoms with Crippen molar-refractivity contribution in [2.24, 2.45) is 0 Å². The van der Waals surface area contributed by atoms with E-state index in [9.17, 15) is 4.79 Å². The number of carbonyl (C=O) groups excluding carboxylic acids is 1. The number of fused-ring (bicyclic) bond motifs is 1. The number of aromatic nitrogens is 2. The highest BCUT2D eigenvalue weighted by atomic mass is 32.1. The summed E-state index contributed by atoms with van der Waals surface area (Å²) in [5, 5.41) is 2.12. The second-order valence-electron chi connectivity index (χ2n) is 8.48. The minimum atomic E-state index is 0.245. The number of amides is 1. The first-order valence-electron chi connectivity index (χ1n) is 10.7. The number of hydrogen-bond acceptors (Lipinski definition) is 4. The van der Waals surface area contributed by atoms with E-state index >= 15 is 0 Å². The summed E-state index contributed by atoms with van der Waals surface area (Å²) < 4.78 is 2.30. The number of thiophene rings is 1. The number of rotatable bonds is 6. The molecule has 6 heteroatoms. The van der Waals surface area contributed by atoms with Crippen LogP contribution in [-0.4, -0.2) is 59.0 Å². The molecule has 3 heterocycles. The molecular formula is C22H32N4OS. The fourth-order valence-corrected chi connectivity index (χ4v) is 5.76. The van der Waals surface area contributed by atoms with Gasteiger partial charge in [-0.05, 0) is 71.1 Å². The molecular weight excluding hydrogens is 368 g/mol. The van der Waals surface area contributed by atoms with Crippen LogP contribution in [0, 0.1) is 0 Å². The Kier molecular flexibility index (Phi) is 6.16. The molecule has 5 nitrogen and oxygen atoms in total. The largest absolute Gasteiger partial charge is 0.338 e. The van der Waals surface area contributed by atoms with E-state index in [1.165, 1.54) is 23.3 Å². The van der Waals surface area contributed by atoms with Crippen molar-refractivity contribution in [3.8, 4) is 0 Å². The third kappa shape index (κ3) is 4.18. The lowest BCUT2D eigenvalue weighted by atomic mass is 9.93. The van der Waals surface area contributed by atoms with Gasteiger partial charge in [0.05, 0.1) is 5.56 Å². The van der Waals surface area contributed by atoms with Crippen molar-refractivity contribution in [2.45, 2.75) is 57.4 Å². The summed E-state index contributed by atoms with van der Waals surface area (Å²) in [6.07, 6.45) is 12.0. The van der Waals surface area contributed by atoms with Gasteiger partial charge in [0.1, 0.15) is 5.82 Å². The molecule has 28 heavy (non-hydrogen) atoms. The molecule has 0 saturated carbocycles. The Bertz CT molecular complexity index is 809. The van der Waals surface area contributed by atoms with Crippen molar-refractivity contribution in [1.82, 2.24) is 19.4 Å². The zero-order valence-electron chi connectivity index (χ0n) is 17.2. The van der Waals surface area contributed by atoms with E-state index in [1.807, 2.05) is 6.20 Å². The van der Waals surface area contributed by atoms with Crippen LogP contribution in [0.15, 0.2) is 17.8 Å². The van der Waals surface area contributed by atoms with Gasteiger partial charge >= 0.3 is 0 Å². The van der Waals surface area contributed by atoms with E-state index in [0.717, 1.165) is 69.7 Å². The Hall–Kier alpha value is -1.66. The van der Waals surface area contributed by atoms with Gasteiger partial charge in [-0.15, -0.1) is 11.3 Å². The average Bonchev–Trinajstić information content (AvgIpc) is 3.34. The molecule has 0 N–H and O–H groups in total. The van der Waals surface area contributed by atoms with E-state index in [0.29, 0.717) is 5.92 Å². The number of carbonyl (C=O) groups is 1. The predicted octanol–water partition coefficient (Wildman–Crippen LogP) is 3.79. The maximum absolute atomic E-state index is 13.3. The van der Waals surface area contributed by atoms with Crippen molar-refractivity contribution < 1.29 is 4.79 Å². The lowest BCUT2D eigenvalue weighted by Gasteiger charge is -2.33. The quantitative estimate of drug-likeness (QED) is 0.741. The summed E-state index contributed by atoms with van der Waals surface area (Å²) in [7, 11) is 4.23. The molecule has 1 fully saturated rings. The van der Waals surface area contributed by atoms with Crippen LogP contribution in [0.4, 0.5) is 0 Å². The summed E-state index contributed by atoms with van der Waals surface area (Å²) in [4.78, 5) is 23.7. The fourth-order valence-electron chi connectivity index (χ4n) is 4.64. The number of nitrogens with zero attached hydrogens (tertiary/aromatic N) is 4. The third-order valence-corrected chi connectivity index (χ3v) is 7.21. The van der Waals surface area contributed by atoms with Gasteiger partial charge in [-0.25, -0.2) is 4.98 Å². The van der Waals surface area contributed by atoms with Crippen LogP contribution in [0.2, 0.25) is 0 Å². The van der Waals surface area contributed by atoms with E-state index in [4.69, 9.17) is 0 Å². The van der Waals surface area contributed by atoms with Crippen LogP contribution in [0.5, 0.6) is 0 Å². The molecule has 4 rings (SSSR count). The summed E-state index contributed by atoms with van der Waals surface area (Å²) >= 11 is 1.79. The molecule has 1 saturated heterocycles. The topological polar surface area (TPSA) is 41.4 Å². The average molecular weight is 401 g/mol. The highest BCUT2D eigenvalue weighted by Crippen LogP contribution is 2.33. The summed E-state index contributed by atoms with van der Waals surface area (Å²) in [6, 6.07) is 0. The lowest BCUT2D eigenvalue weighted by molar-refractivity contribution is 0.0702. The van der Waals surface area contributed by atoms with E-state index < -0.39 is 0 Å². The normalized spacial score (nSPS) is 19.8. The van der Waals surface area contributed by atoms with Gasteiger partial charge < -0.3 is 14.4 Å². The monoisotopic (exact) mass is 400 g/mol. The molecule has 0 bridgehead atoms. The van der Waals surface area contributed by atoms with Gasteiger partial charge in [-0.1, -0.05) is 0 Å². The smallest absolute Gasteiger partial charge is 0.255 e. The van der Waals surface area contributed by atoms with Crippen LogP contribution >= 0.6 is 11.3 Å². The third-order valence-electron chi connectivity index (χ3n) is 6.12. The second-order valence-corrected chi connectivity index (χ2v) is 9.45. The van der Waals surface area contributed by atoms with Crippen molar-refractivity contribution in [3.05, 3.63) is 39.6 Å². The Balaban J connectivity index is 1.44. The van der Waals surface area contributed by atoms with Gasteiger partial charge in [0, 0.05) is 48.2 Å². The van der Waals surface area contributed by atoms with E-state index in [-0.39, 0.29) is 5.91 Å². The van der Waals surface area contributed by atoms with Crippen LogP contribution in [0.3, 0.4) is 0 Å². The molecule has 1 aliphatic carbocycles. The Morgan fingerprint density at radius 1 is 1.29 bits per heavy atom. The molecule has 152 valence electrons. The highest BCUT2D eigenvalue weighted by molar-refractivity contribution is 7.10. The molecule has 1 atom stereocenters. The first kappa shape index (κ1) is 19.6. The summed E-state index contributed by atoms with van der Waals surface area (Å²) in [6.45, 7) is 3.75. The molecule has 2 aromatic rings. The highest BCUT2D eigenvalue weighted by Gasteiger charge is 2.30. The second kappa shape index (κ2) is 8.78. The zero-order valence-corrected chi connectivity index (χ0v) is 18.0. The minimum Gasteiger partial charge on any atom is -0.338 e. The summed E-state index contributed by atoms with van der Waals surface area (Å²) in [5.74, 6) is 1.75. The number of aryl methyl sites for hydroxylation is 2. The van der Waals surface area contributed by atoms with Crippen molar-refractivity contribution in [1.29, 1.82) is 0 Å². The fraction of sp³-hybridized carbons (Fsp3) is 0.636. The number of imidazole rings is 1. The molecule has 1 unspecified atom stereocenters. The molecule has 0 aromatic carbocycles. The molecule has 2 aromatic heterocycles. The SMILES string of the molecule is CN(C)CCCn1ccnc1C1CCCN(C(=O)c2csc3c2CCCC3)C1. The van der Waals surface area contributed by atoms with E-state index in [1.54, 1.807) is 11.3 Å². The molecule has 1 amide bonds. The van der Waals surface area contributed by atoms with Gasteiger partial charge in [-0.3, -0.25) is 4.79 Å². The predicted molar refractivity (Wildman–Crippen MR) is 114 cm³/mol. The standard InChI is InChI=1S/C22H32N4OS/c1-24(2)11-6-13-25-14-10-23-21(25)17-7-5-12-26(15-17)22(27)19-16-28-20-9-4-3-8-18(19)20/h10,14,16-17H,3-9,11-13,15H2,1-2H3. The Morgan fingerprint density at radius 2 is 2.14 bits per heavy atom. The van der Waals surface area contributed by atoms with Gasteiger partial charge in [0.2, 0.25) is 0 Å². The van der Waals surface area contributed by atoms with Gasteiger partial charge in [-0.2, -0.15) is 0 Å². The van der Waals surface area contributed by atoms with Gasteiger partial charge in [0.15, 0.2) is 0 Å². The first-order valence-corrected chi connectivity index (χ1v) is 11.6. The minimum absolute atomic E-state index is 0.245.